The van der Waals surface area contributed by atoms with E-state index in [9.17, 15) is 0 Å². The summed E-state index contributed by atoms with van der Waals surface area (Å²) in [6.45, 7) is 8.22. The normalized spacial score (nSPS) is 12.2. The molecule has 0 saturated heterocycles. The first kappa shape index (κ1) is 15.9. The Morgan fingerprint density at radius 3 is 2.75 bits per heavy atom. The van der Waals surface area contributed by atoms with E-state index in [1.54, 1.807) is 7.11 Å². The maximum absolute atomic E-state index is 5.12. The van der Waals surface area contributed by atoms with Gasteiger partial charge in [0.1, 0.15) is 0 Å². The zero-order valence-corrected chi connectivity index (χ0v) is 14.8. The van der Waals surface area contributed by atoms with Crippen molar-refractivity contribution in [1.29, 1.82) is 0 Å². The number of halogens is 1. The molecule has 2 aromatic rings. The molecule has 0 amide bonds. The van der Waals surface area contributed by atoms with E-state index in [0.717, 1.165) is 22.3 Å². The summed E-state index contributed by atoms with van der Waals surface area (Å²) in [6.07, 6.45) is 1.93. The molecule has 0 fully saturated rings. The van der Waals surface area contributed by atoms with Crippen LogP contribution in [-0.4, -0.2) is 29.3 Å². The summed E-state index contributed by atoms with van der Waals surface area (Å²) in [5, 5.41) is 5.61. The maximum Gasteiger partial charge on any atom is 0.0826 e. The Balaban J connectivity index is 2.25. The molecule has 0 radical (unpaired) electrons. The molecule has 0 spiro atoms. The second-order valence-corrected chi connectivity index (χ2v) is 7.96. The van der Waals surface area contributed by atoms with Crippen molar-refractivity contribution in [2.75, 3.05) is 19.5 Å². The average molecular weight is 357 g/mol. The number of thioether (sulfide) groups is 1. The van der Waals surface area contributed by atoms with Gasteiger partial charge in [0.05, 0.1) is 24.9 Å². The number of nitrogens with zero attached hydrogens (tertiary/aromatic N) is 2. The molecule has 0 N–H and O–H groups in total. The molecular formula is C15H21BrN2OS. The fraction of sp³-hybridized carbons (Fsp3) is 0.533. The highest BCUT2D eigenvalue weighted by molar-refractivity contribution is 9.10. The van der Waals surface area contributed by atoms with E-state index in [0.29, 0.717) is 12.0 Å². The number of benzene rings is 1. The van der Waals surface area contributed by atoms with Crippen LogP contribution in [0.25, 0.3) is 10.9 Å². The summed E-state index contributed by atoms with van der Waals surface area (Å²) in [6, 6.07) is 4.40. The van der Waals surface area contributed by atoms with Crippen molar-refractivity contribution in [2.24, 2.45) is 5.41 Å². The smallest absolute Gasteiger partial charge is 0.0826 e. The van der Waals surface area contributed by atoms with Crippen molar-refractivity contribution in [2.45, 2.75) is 32.2 Å². The summed E-state index contributed by atoms with van der Waals surface area (Å²) in [5.41, 5.74) is 1.47. The lowest BCUT2D eigenvalue weighted by molar-refractivity contribution is 0.185. The van der Waals surface area contributed by atoms with Gasteiger partial charge in [-0.2, -0.15) is 5.10 Å². The third-order valence-electron chi connectivity index (χ3n) is 2.84. The molecule has 2 rings (SSSR count). The molecule has 0 unspecified atom stereocenters. The van der Waals surface area contributed by atoms with Crippen LogP contribution in [0.2, 0.25) is 0 Å². The molecule has 0 bridgehead atoms. The number of fused-ring (bicyclic) bond motifs is 1. The molecule has 1 aromatic heterocycles. The van der Waals surface area contributed by atoms with Crippen molar-refractivity contribution in [3.8, 4) is 0 Å². The molecule has 1 aromatic carbocycles. The molecule has 0 aliphatic carbocycles. The van der Waals surface area contributed by atoms with Crippen LogP contribution >= 0.6 is 27.7 Å². The van der Waals surface area contributed by atoms with Crippen LogP contribution in [0.15, 0.2) is 27.7 Å². The number of ether oxygens (including phenoxy) is 1. The van der Waals surface area contributed by atoms with Crippen molar-refractivity contribution < 1.29 is 4.74 Å². The summed E-state index contributed by atoms with van der Waals surface area (Å²) in [4.78, 5) is 1.28. The van der Waals surface area contributed by atoms with Crippen LogP contribution in [0.1, 0.15) is 20.8 Å². The zero-order chi connectivity index (χ0) is 14.8. The van der Waals surface area contributed by atoms with Crippen LogP contribution in [0.4, 0.5) is 0 Å². The van der Waals surface area contributed by atoms with E-state index in [1.165, 1.54) is 10.3 Å². The van der Waals surface area contributed by atoms with Gasteiger partial charge < -0.3 is 4.74 Å². The Labute approximate surface area is 133 Å². The Bertz CT molecular complexity index is 589. The molecule has 5 heteroatoms. The largest absolute Gasteiger partial charge is 0.383 e. The quantitative estimate of drug-likeness (QED) is 0.733. The first-order chi connectivity index (χ1) is 9.40. The van der Waals surface area contributed by atoms with E-state index in [2.05, 4.69) is 53.9 Å². The topological polar surface area (TPSA) is 27.1 Å². The highest BCUT2D eigenvalue weighted by Gasteiger charge is 2.13. The van der Waals surface area contributed by atoms with Gasteiger partial charge in [-0.05, 0) is 33.5 Å². The van der Waals surface area contributed by atoms with Gasteiger partial charge in [-0.15, -0.1) is 11.8 Å². The second-order valence-electron chi connectivity index (χ2n) is 6.05. The lowest BCUT2D eigenvalue weighted by atomic mass is 10.0. The van der Waals surface area contributed by atoms with Crippen molar-refractivity contribution in [1.82, 2.24) is 9.78 Å². The van der Waals surface area contributed by atoms with Gasteiger partial charge in [-0.3, -0.25) is 4.68 Å². The lowest BCUT2D eigenvalue weighted by Crippen LogP contribution is -2.08. The molecule has 0 aliphatic rings. The monoisotopic (exact) mass is 356 g/mol. The van der Waals surface area contributed by atoms with E-state index in [-0.39, 0.29) is 0 Å². The molecule has 110 valence electrons. The standard InChI is InChI=1S/C15H21BrN2OS/c1-15(2,3)10-20-12-7-11-9-17-18(5-6-19-4)14(11)13(16)8-12/h7-9H,5-6,10H2,1-4H3. The van der Waals surface area contributed by atoms with Gasteiger partial charge in [0.2, 0.25) is 0 Å². The number of rotatable bonds is 5. The molecule has 0 atom stereocenters. The molecule has 0 saturated carbocycles. The Morgan fingerprint density at radius 2 is 2.10 bits per heavy atom. The van der Waals surface area contributed by atoms with Gasteiger partial charge in [-0.25, -0.2) is 0 Å². The number of aromatic nitrogens is 2. The predicted molar refractivity (Wildman–Crippen MR) is 89.5 cm³/mol. The SMILES string of the molecule is COCCn1ncc2cc(SCC(C)(C)C)cc(Br)c21. The molecule has 3 nitrogen and oxygen atoms in total. The summed E-state index contributed by atoms with van der Waals surface area (Å²) in [7, 11) is 1.71. The Morgan fingerprint density at radius 1 is 1.35 bits per heavy atom. The first-order valence-corrected chi connectivity index (χ1v) is 8.45. The highest BCUT2D eigenvalue weighted by atomic mass is 79.9. The van der Waals surface area contributed by atoms with E-state index >= 15 is 0 Å². The van der Waals surface area contributed by atoms with Gasteiger partial charge >= 0.3 is 0 Å². The van der Waals surface area contributed by atoms with Crippen LogP contribution in [0.5, 0.6) is 0 Å². The zero-order valence-electron chi connectivity index (χ0n) is 12.4. The predicted octanol–water partition coefficient (Wildman–Crippen LogP) is 4.58. The Hall–Kier alpha value is -0.520. The maximum atomic E-state index is 5.12. The summed E-state index contributed by atoms with van der Waals surface area (Å²) < 4.78 is 8.21. The van der Waals surface area contributed by atoms with E-state index in [4.69, 9.17) is 4.74 Å². The van der Waals surface area contributed by atoms with E-state index in [1.807, 2.05) is 22.6 Å². The minimum absolute atomic E-state index is 0.328. The second kappa shape index (κ2) is 6.50. The molecule has 1 heterocycles. The minimum atomic E-state index is 0.328. The van der Waals surface area contributed by atoms with Gasteiger partial charge in [0, 0.05) is 27.6 Å². The van der Waals surface area contributed by atoms with Crippen molar-refractivity contribution in [3.05, 3.63) is 22.8 Å². The van der Waals surface area contributed by atoms with Crippen LogP contribution in [0.3, 0.4) is 0 Å². The third kappa shape index (κ3) is 3.99. The minimum Gasteiger partial charge on any atom is -0.383 e. The Kier molecular flexibility index (Phi) is 5.15. The third-order valence-corrected chi connectivity index (χ3v) is 5.02. The molecular weight excluding hydrogens is 336 g/mol. The van der Waals surface area contributed by atoms with Gasteiger partial charge in [0.25, 0.3) is 0 Å². The highest BCUT2D eigenvalue weighted by Crippen LogP contribution is 2.33. The molecule has 20 heavy (non-hydrogen) atoms. The number of methoxy groups -OCH3 is 1. The van der Waals surface area contributed by atoms with Crippen molar-refractivity contribution >= 4 is 38.6 Å². The van der Waals surface area contributed by atoms with Crippen LogP contribution < -0.4 is 0 Å². The number of hydrogen-bond acceptors (Lipinski definition) is 3. The average Bonchev–Trinajstić information content (AvgIpc) is 2.77. The fourth-order valence-corrected chi connectivity index (χ4v) is 3.73. The summed E-state index contributed by atoms with van der Waals surface area (Å²) in [5.74, 6) is 1.10. The van der Waals surface area contributed by atoms with Gasteiger partial charge in [-0.1, -0.05) is 20.8 Å². The fourth-order valence-electron chi connectivity index (χ4n) is 1.89. The number of hydrogen-bond donors (Lipinski definition) is 0. The lowest BCUT2D eigenvalue weighted by Gasteiger charge is -2.17. The van der Waals surface area contributed by atoms with Crippen LogP contribution in [0, 0.1) is 5.41 Å². The van der Waals surface area contributed by atoms with Gasteiger partial charge in [0.15, 0.2) is 0 Å². The van der Waals surface area contributed by atoms with E-state index < -0.39 is 0 Å². The van der Waals surface area contributed by atoms with Crippen LogP contribution in [-0.2, 0) is 11.3 Å². The molecule has 0 aliphatic heterocycles. The first-order valence-electron chi connectivity index (χ1n) is 6.67. The van der Waals surface area contributed by atoms with Crippen molar-refractivity contribution in [3.63, 3.8) is 0 Å². The summed E-state index contributed by atoms with van der Waals surface area (Å²) >= 11 is 5.57.